The molecule has 0 aliphatic heterocycles. The largest absolute Gasteiger partial charge is 0.433 e. The molecule has 7 heteroatoms. The van der Waals surface area contributed by atoms with Crippen molar-refractivity contribution in [3.05, 3.63) is 23.2 Å². The Morgan fingerprint density at radius 1 is 1.44 bits per heavy atom. The molecule has 0 bridgehead atoms. The Morgan fingerprint density at radius 2 is 2.17 bits per heavy atom. The summed E-state index contributed by atoms with van der Waals surface area (Å²) in [6.07, 6.45) is 1.93. The smallest absolute Gasteiger partial charge is 0.387 e. The van der Waals surface area contributed by atoms with Gasteiger partial charge in [0, 0.05) is 17.8 Å². The number of urea groups is 1. The normalized spacial score (nSPS) is 14.4. The molecule has 0 heterocycles. The second-order valence-electron chi connectivity index (χ2n) is 3.90. The molecule has 0 aromatic heterocycles. The van der Waals surface area contributed by atoms with E-state index in [1.165, 1.54) is 18.2 Å². The molecule has 0 saturated heterocycles. The van der Waals surface area contributed by atoms with Gasteiger partial charge in [0.2, 0.25) is 0 Å². The van der Waals surface area contributed by atoms with Gasteiger partial charge in [0.15, 0.2) is 0 Å². The van der Waals surface area contributed by atoms with Gasteiger partial charge in [0.05, 0.1) is 5.02 Å². The highest BCUT2D eigenvalue weighted by atomic mass is 35.5. The molecular weight excluding hydrogens is 266 g/mol. The predicted octanol–water partition coefficient (Wildman–Crippen LogP) is 3.23. The number of benzene rings is 1. The van der Waals surface area contributed by atoms with Crippen LogP contribution in [0.25, 0.3) is 0 Å². The van der Waals surface area contributed by atoms with Crippen LogP contribution in [0.1, 0.15) is 12.8 Å². The third kappa shape index (κ3) is 3.73. The molecule has 1 fully saturated rings. The van der Waals surface area contributed by atoms with Gasteiger partial charge in [-0.25, -0.2) is 4.79 Å². The van der Waals surface area contributed by atoms with E-state index >= 15 is 0 Å². The topological polar surface area (TPSA) is 50.4 Å². The molecule has 18 heavy (non-hydrogen) atoms. The van der Waals surface area contributed by atoms with Crippen molar-refractivity contribution in [2.24, 2.45) is 0 Å². The van der Waals surface area contributed by atoms with Gasteiger partial charge >= 0.3 is 12.6 Å². The third-order valence-corrected chi connectivity index (χ3v) is 2.63. The number of anilines is 1. The Morgan fingerprint density at radius 3 is 2.78 bits per heavy atom. The van der Waals surface area contributed by atoms with Gasteiger partial charge in [-0.1, -0.05) is 11.6 Å². The lowest BCUT2D eigenvalue weighted by atomic mass is 10.3. The van der Waals surface area contributed by atoms with E-state index < -0.39 is 6.61 Å². The summed E-state index contributed by atoms with van der Waals surface area (Å²) in [6, 6.07) is 3.98. The van der Waals surface area contributed by atoms with Gasteiger partial charge in [-0.15, -0.1) is 0 Å². The Balaban J connectivity index is 2.01. The summed E-state index contributed by atoms with van der Waals surface area (Å²) in [5.41, 5.74) is 0.341. The van der Waals surface area contributed by atoms with Crippen molar-refractivity contribution in [1.82, 2.24) is 5.32 Å². The molecule has 98 valence electrons. The van der Waals surface area contributed by atoms with Crippen LogP contribution in [0.5, 0.6) is 5.75 Å². The average Bonchev–Trinajstić information content (AvgIpc) is 3.06. The van der Waals surface area contributed by atoms with E-state index in [2.05, 4.69) is 15.4 Å². The number of hydrogen-bond acceptors (Lipinski definition) is 2. The number of nitrogens with one attached hydrogen (secondary N) is 2. The minimum atomic E-state index is -2.96. The lowest BCUT2D eigenvalue weighted by molar-refractivity contribution is -0.0497. The number of hydrogen-bond donors (Lipinski definition) is 2. The molecule has 0 spiro atoms. The molecule has 2 amide bonds. The fourth-order valence-corrected chi connectivity index (χ4v) is 1.51. The summed E-state index contributed by atoms with van der Waals surface area (Å²) in [5, 5.41) is 5.28. The quantitative estimate of drug-likeness (QED) is 0.887. The highest BCUT2D eigenvalue weighted by Gasteiger charge is 2.23. The molecule has 1 aliphatic rings. The zero-order valence-corrected chi connectivity index (χ0v) is 10.0. The maximum absolute atomic E-state index is 12.1. The van der Waals surface area contributed by atoms with Crippen molar-refractivity contribution >= 4 is 23.3 Å². The Labute approximate surface area is 107 Å². The minimum absolute atomic E-state index is 0.0588. The van der Waals surface area contributed by atoms with Crippen LogP contribution in [0.3, 0.4) is 0 Å². The van der Waals surface area contributed by atoms with E-state index in [-0.39, 0.29) is 22.8 Å². The maximum Gasteiger partial charge on any atom is 0.387 e. The molecule has 1 aromatic rings. The van der Waals surface area contributed by atoms with Gasteiger partial charge in [-0.05, 0) is 25.0 Å². The van der Waals surface area contributed by atoms with Crippen molar-refractivity contribution in [2.75, 3.05) is 5.32 Å². The molecule has 2 N–H and O–H groups in total. The van der Waals surface area contributed by atoms with Gasteiger partial charge in [0.25, 0.3) is 0 Å². The second-order valence-corrected chi connectivity index (χ2v) is 4.30. The minimum Gasteiger partial charge on any atom is -0.433 e. The fourth-order valence-electron chi connectivity index (χ4n) is 1.35. The average molecular weight is 277 g/mol. The Hall–Kier alpha value is -1.56. The maximum atomic E-state index is 12.1. The number of alkyl halides is 2. The molecule has 2 rings (SSSR count). The molecule has 0 unspecified atom stereocenters. The van der Waals surface area contributed by atoms with E-state index in [0.717, 1.165) is 12.8 Å². The Bertz CT molecular complexity index is 453. The van der Waals surface area contributed by atoms with Crippen LogP contribution < -0.4 is 15.4 Å². The molecule has 4 nitrogen and oxygen atoms in total. The molecule has 1 aromatic carbocycles. The zero-order valence-electron chi connectivity index (χ0n) is 9.25. The summed E-state index contributed by atoms with van der Waals surface area (Å²) in [6.45, 7) is -2.96. The van der Waals surface area contributed by atoms with Crippen LogP contribution in [0.2, 0.25) is 5.02 Å². The lowest BCUT2D eigenvalue weighted by Crippen LogP contribution is -2.30. The second kappa shape index (κ2) is 5.39. The van der Waals surface area contributed by atoms with Crippen LogP contribution in [0, 0.1) is 0 Å². The van der Waals surface area contributed by atoms with Crippen LogP contribution in [0.15, 0.2) is 18.2 Å². The highest BCUT2D eigenvalue weighted by molar-refractivity contribution is 6.32. The van der Waals surface area contributed by atoms with Crippen molar-refractivity contribution < 1.29 is 18.3 Å². The van der Waals surface area contributed by atoms with Gasteiger partial charge in [0.1, 0.15) is 5.75 Å². The lowest BCUT2D eigenvalue weighted by Gasteiger charge is -2.10. The molecule has 1 aliphatic carbocycles. The van der Waals surface area contributed by atoms with E-state index in [4.69, 9.17) is 11.6 Å². The van der Waals surface area contributed by atoms with Crippen LogP contribution in [-0.4, -0.2) is 18.7 Å². The van der Waals surface area contributed by atoms with E-state index in [1.807, 2.05) is 0 Å². The summed E-state index contributed by atoms with van der Waals surface area (Å²) in [7, 11) is 0. The number of rotatable bonds is 4. The molecular formula is C11H11ClF2N2O2. The van der Waals surface area contributed by atoms with Crippen LogP contribution in [0.4, 0.5) is 19.3 Å². The summed E-state index contributed by atoms with van der Waals surface area (Å²) < 4.78 is 28.4. The third-order valence-electron chi connectivity index (χ3n) is 2.32. The predicted molar refractivity (Wildman–Crippen MR) is 63.3 cm³/mol. The number of amides is 2. The number of halogens is 3. The van der Waals surface area contributed by atoms with Crippen LogP contribution in [-0.2, 0) is 0 Å². The molecule has 0 radical (unpaired) electrons. The van der Waals surface area contributed by atoms with Crippen molar-refractivity contribution in [3.63, 3.8) is 0 Å². The van der Waals surface area contributed by atoms with Crippen molar-refractivity contribution in [1.29, 1.82) is 0 Å². The zero-order chi connectivity index (χ0) is 13.1. The summed E-state index contributed by atoms with van der Waals surface area (Å²) >= 11 is 5.68. The first-order valence-corrected chi connectivity index (χ1v) is 5.74. The highest BCUT2D eigenvalue weighted by Crippen LogP contribution is 2.29. The standard InChI is InChI=1S/C11H11ClF2N2O2/c12-8-4-3-7(5-9(8)18-10(13)14)16-11(17)15-6-1-2-6/h3-6,10H,1-2H2,(H2,15,16,17). The van der Waals surface area contributed by atoms with E-state index in [9.17, 15) is 13.6 Å². The van der Waals surface area contributed by atoms with E-state index in [1.54, 1.807) is 0 Å². The summed E-state index contributed by atoms with van der Waals surface area (Å²) in [5.74, 6) is -0.170. The van der Waals surface area contributed by atoms with Gasteiger partial charge < -0.3 is 15.4 Å². The monoisotopic (exact) mass is 276 g/mol. The number of carbonyl (C=O) groups is 1. The van der Waals surface area contributed by atoms with E-state index in [0.29, 0.717) is 5.69 Å². The van der Waals surface area contributed by atoms with Gasteiger partial charge in [-0.3, -0.25) is 0 Å². The number of ether oxygens (including phenoxy) is 1. The van der Waals surface area contributed by atoms with Gasteiger partial charge in [-0.2, -0.15) is 8.78 Å². The molecule has 1 saturated carbocycles. The van der Waals surface area contributed by atoms with Crippen molar-refractivity contribution in [2.45, 2.75) is 25.5 Å². The van der Waals surface area contributed by atoms with Crippen LogP contribution >= 0.6 is 11.6 Å². The summed E-state index contributed by atoms with van der Waals surface area (Å²) in [4.78, 5) is 11.4. The molecule has 0 atom stereocenters. The Kier molecular flexibility index (Phi) is 3.86. The first-order valence-electron chi connectivity index (χ1n) is 5.36. The van der Waals surface area contributed by atoms with Crippen molar-refractivity contribution in [3.8, 4) is 5.75 Å². The SMILES string of the molecule is O=C(Nc1ccc(Cl)c(OC(F)F)c1)NC1CC1. The first-order chi connectivity index (χ1) is 8.54. The first kappa shape index (κ1) is 12.9. The number of carbonyl (C=O) groups excluding carboxylic acids is 1. The fraction of sp³-hybridized carbons (Fsp3) is 0.364.